The topological polar surface area (TPSA) is 73.9 Å². The van der Waals surface area contributed by atoms with E-state index in [1.54, 1.807) is 38.3 Å². The van der Waals surface area contributed by atoms with Crippen LogP contribution in [0.1, 0.15) is 28.4 Å². The van der Waals surface area contributed by atoms with Gasteiger partial charge in [-0.25, -0.2) is 4.79 Å². The maximum atomic E-state index is 12.6. The Morgan fingerprint density at radius 1 is 1.04 bits per heavy atom. The molecule has 0 saturated heterocycles. The van der Waals surface area contributed by atoms with Gasteiger partial charge in [-0.3, -0.25) is 4.79 Å². The first-order valence-electron chi connectivity index (χ1n) is 9.03. The smallest absolute Gasteiger partial charge is 0.497 e. The normalized spacial score (nSPS) is 10.2. The number of nitrogens with one attached hydrogen (secondary N) is 1. The van der Waals surface area contributed by atoms with Crippen molar-refractivity contribution >= 4 is 23.7 Å². The Balaban J connectivity index is 1.91. The summed E-state index contributed by atoms with van der Waals surface area (Å²) < 4.78 is 14.9. The summed E-state index contributed by atoms with van der Waals surface area (Å²) >= 11 is 6.20. The number of carbonyl (C=O) groups excluding carboxylic acids is 2. The minimum absolute atomic E-state index is 0.141. The van der Waals surface area contributed by atoms with Gasteiger partial charge in [0.15, 0.2) is 0 Å². The first-order chi connectivity index (χ1) is 13.5. The second-order valence-electron chi connectivity index (χ2n) is 5.90. The summed E-state index contributed by atoms with van der Waals surface area (Å²) in [7, 11) is 1.59. The molecule has 2 aromatic carbocycles. The second-order valence-corrected chi connectivity index (χ2v) is 6.31. The van der Waals surface area contributed by atoms with Crippen LogP contribution in [0.3, 0.4) is 0 Å². The lowest BCUT2D eigenvalue weighted by atomic mass is 10.0. The van der Waals surface area contributed by atoms with Crippen molar-refractivity contribution < 1.29 is 23.8 Å². The Hall–Kier alpha value is -2.73. The molecule has 6 nitrogen and oxygen atoms in total. The van der Waals surface area contributed by atoms with Gasteiger partial charge in [0.1, 0.15) is 5.75 Å². The number of hydrogen-bond acceptors (Lipinski definition) is 5. The van der Waals surface area contributed by atoms with E-state index in [1.807, 2.05) is 18.2 Å². The van der Waals surface area contributed by atoms with Crippen molar-refractivity contribution in [3.8, 4) is 5.75 Å². The van der Waals surface area contributed by atoms with Gasteiger partial charge in [-0.2, -0.15) is 0 Å². The van der Waals surface area contributed by atoms with Crippen LogP contribution in [0.25, 0.3) is 0 Å². The highest BCUT2D eigenvalue weighted by atomic mass is 35.5. The van der Waals surface area contributed by atoms with Crippen molar-refractivity contribution in [2.45, 2.75) is 19.8 Å². The quantitative estimate of drug-likeness (QED) is 0.637. The molecule has 0 aliphatic rings. The number of carbonyl (C=O) groups is 2. The minimum Gasteiger partial charge on any atom is -0.497 e. The van der Waals surface area contributed by atoms with Crippen LogP contribution in [0.5, 0.6) is 5.75 Å². The Morgan fingerprint density at radius 2 is 1.82 bits per heavy atom. The maximum Gasteiger partial charge on any atom is 0.508 e. The zero-order chi connectivity index (χ0) is 20.4. The van der Waals surface area contributed by atoms with Crippen LogP contribution < -0.4 is 10.1 Å². The highest BCUT2D eigenvalue weighted by Crippen LogP contribution is 2.22. The van der Waals surface area contributed by atoms with E-state index in [4.69, 9.17) is 25.8 Å². The molecule has 0 bridgehead atoms. The monoisotopic (exact) mass is 405 g/mol. The van der Waals surface area contributed by atoms with Crippen LogP contribution in [0.4, 0.5) is 4.79 Å². The number of halogens is 1. The number of benzene rings is 2. The fourth-order valence-electron chi connectivity index (χ4n) is 2.64. The van der Waals surface area contributed by atoms with Gasteiger partial charge in [-0.05, 0) is 48.7 Å². The molecule has 7 heteroatoms. The number of rotatable bonds is 9. The van der Waals surface area contributed by atoms with Crippen LogP contribution >= 0.6 is 11.6 Å². The summed E-state index contributed by atoms with van der Waals surface area (Å²) in [6.07, 6.45) is 0.291. The number of amides is 1. The molecule has 0 aliphatic carbocycles. The van der Waals surface area contributed by atoms with Crippen LogP contribution in [-0.4, -0.2) is 38.9 Å². The summed E-state index contributed by atoms with van der Waals surface area (Å²) in [5.41, 5.74) is 2.24. The third kappa shape index (κ3) is 6.46. The van der Waals surface area contributed by atoms with Crippen LogP contribution in [0.2, 0.25) is 5.02 Å². The lowest BCUT2D eigenvalue weighted by Gasteiger charge is -2.11. The molecular weight excluding hydrogens is 382 g/mol. The van der Waals surface area contributed by atoms with Gasteiger partial charge in [0, 0.05) is 23.6 Å². The Labute approximate surface area is 169 Å². The number of ether oxygens (including phenoxy) is 3. The zero-order valence-electron chi connectivity index (χ0n) is 16.0. The molecule has 0 fully saturated rings. The third-order valence-corrected chi connectivity index (χ3v) is 4.42. The number of methoxy groups -OCH3 is 1. The van der Waals surface area contributed by atoms with Crippen molar-refractivity contribution in [2.75, 3.05) is 26.9 Å². The molecule has 0 saturated carbocycles. The van der Waals surface area contributed by atoms with Gasteiger partial charge in [-0.1, -0.05) is 29.8 Å². The standard InChI is InChI=1S/C21H24ClNO5/c1-3-27-21(25)28-13-11-15-6-4-5-7-18(15)20(24)23-12-10-16-14-17(26-2)8-9-19(16)22/h4-9,14H,3,10-13H2,1-2H3,(H,23,24). The van der Waals surface area contributed by atoms with Crippen LogP contribution in [0.15, 0.2) is 42.5 Å². The highest BCUT2D eigenvalue weighted by Gasteiger charge is 2.12. The SMILES string of the molecule is CCOC(=O)OCCc1ccccc1C(=O)NCCc1cc(OC)ccc1Cl. The van der Waals surface area contributed by atoms with Crippen molar-refractivity contribution in [2.24, 2.45) is 0 Å². The molecule has 2 rings (SSSR count). The van der Waals surface area contributed by atoms with E-state index < -0.39 is 6.16 Å². The van der Waals surface area contributed by atoms with E-state index in [2.05, 4.69) is 5.32 Å². The molecule has 0 aromatic heterocycles. The van der Waals surface area contributed by atoms with Crippen LogP contribution in [-0.2, 0) is 22.3 Å². The lowest BCUT2D eigenvalue weighted by molar-refractivity contribution is 0.0599. The van der Waals surface area contributed by atoms with E-state index in [0.717, 1.165) is 16.9 Å². The largest absolute Gasteiger partial charge is 0.508 e. The molecule has 0 radical (unpaired) electrons. The lowest BCUT2D eigenvalue weighted by Crippen LogP contribution is -2.27. The fourth-order valence-corrected chi connectivity index (χ4v) is 2.85. The average molecular weight is 406 g/mol. The third-order valence-electron chi connectivity index (χ3n) is 4.05. The molecule has 0 spiro atoms. The molecule has 0 heterocycles. The molecule has 150 valence electrons. The predicted octanol–water partition coefficient (Wildman–Crippen LogP) is 4.04. The van der Waals surface area contributed by atoms with Gasteiger partial charge in [0.05, 0.1) is 20.3 Å². The maximum absolute atomic E-state index is 12.6. The summed E-state index contributed by atoms with van der Waals surface area (Å²) in [5, 5.41) is 3.53. The van der Waals surface area contributed by atoms with Crippen molar-refractivity contribution in [3.63, 3.8) is 0 Å². The Kier molecular flexibility index (Phi) is 8.62. The van der Waals surface area contributed by atoms with E-state index in [9.17, 15) is 9.59 Å². The van der Waals surface area contributed by atoms with Gasteiger partial charge in [0.25, 0.3) is 5.91 Å². The molecule has 0 unspecified atom stereocenters. The molecule has 1 amide bonds. The molecule has 0 atom stereocenters. The first kappa shape index (κ1) is 21.6. The summed E-state index contributed by atoms with van der Waals surface area (Å²) in [5.74, 6) is 0.531. The van der Waals surface area contributed by atoms with E-state index >= 15 is 0 Å². The first-order valence-corrected chi connectivity index (χ1v) is 9.41. The van der Waals surface area contributed by atoms with Gasteiger partial charge < -0.3 is 19.5 Å². The predicted molar refractivity (Wildman–Crippen MR) is 107 cm³/mol. The van der Waals surface area contributed by atoms with Crippen molar-refractivity contribution in [1.29, 1.82) is 0 Å². The molecule has 28 heavy (non-hydrogen) atoms. The highest BCUT2D eigenvalue weighted by molar-refractivity contribution is 6.31. The number of hydrogen-bond donors (Lipinski definition) is 1. The van der Waals surface area contributed by atoms with E-state index in [1.165, 1.54) is 0 Å². The van der Waals surface area contributed by atoms with E-state index in [0.29, 0.717) is 30.0 Å². The minimum atomic E-state index is -0.709. The zero-order valence-corrected chi connectivity index (χ0v) is 16.8. The van der Waals surface area contributed by atoms with Gasteiger partial charge in [0.2, 0.25) is 0 Å². The Bertz CT molecular complexity index is 809. The van der Waals surface area contributed by atoms with Gasteiger partial charge in [-0.15, -0.1) is 0 Å². The average Bonchev–Trinajstić information content (AvgIpc) is 2.70. The summed E-state index contributed by atoms with van der Waals surface area (Å²) in [6, 6.07) is 12.6. The molecule has 1 N–H and O–H groups in total. The van der Waals surface area contributed by atoms with Crippen molar-refractivity contribution in [3.05, 3.63) is 64.2 Å². The second kappa shape index (κ2) is 11.2. The molecular formula is C21H24ClNO5. The van der Waals surface area contributed by atoms with E-state index in [-0.39, 0.29) is 19.1 Å². The molecule has 0 aliphatic heterocycles. The molecule has 2 aromatic rings. The van der Waals surface area contributed by atoms with Gasteiger partial charge >= 0.3 is 6.16 Å². The van der Waals surface area contributed by atoms with Crippen LogP contribution in [0, 0.1) is 0 Å². The summed E-state index contributed by atoms with van der Waals surface area (Å²) in [6.45, 7) is 2.54. The van der Waals surface area contributed by atoms with Crippen molar-refractivity contribution in [1.82, 2.24) is 5.32 Å². The fraction of sp³-hybridized carbons (Fsp3) is 0.333. The summed E-state index contributed by atoms with van der Waals surface area (Å²) in [4.78, 5) is 23.8. The Morgan fingerprint density at radius 3 is 2.57 bits per heavy atom.